The van der Waals surface area contributed by atoms with E-state index in [-0.39, 0.29) is 5.41 Å². The number of ether oxygens (including phenoxy) is 1. The summed E-state index contributed by atoms with van der Waals surface area (Å²) in [6.45, 7) is 13.6. The Labute approximate surface area is 128 Å². The van der Waals surface area contributed by atoms with Gasteiger partial charge in [-0.05, 0) is 18.8 Å². The van der Waals surface area contributed by atoms with Crippen molar-refractivity contribution in [3.05, 3.63) is 17.6 Å². The second-order valence-electron chi connectivity index (χ2n) is 7.37. The van der Waals surface area contributed by atoms with E-state index in [1.807, 2.05) is 0 Å². The molecule has 118 valence electrons. The Hall–Kier alpha value is -1.16. The molecule has 1 unspecified atom stereocenters. The summed E-state index contributed by atoms with van der Waals surface area (Å²) in [5, 5.41) is 3.49. The third-order valence-electron chi connectivity index (χ3n) is 3.85. The third-order valence-corrected chi connectivity index (χ3v) is 3.85. The first-order valence-corrected chi connectivity index (χ1v) is 8.07. The maximum atomic E-state index is 5.54. The molecule has 1 atom stereocenters. The highest BCUT2D eigenvalue weighted by molar-refractivity contribution is 5.38. The van der Waals surface area contributed by atoms with Gasteiger partial charge in [0.05, 0.1) is 12.3 Å². The quantitative estimate of drug-likeness (QED) is 0.918. The molecule has 4 heteroatoms. The second kappa shape index (κ2) is 6.73. The standard InChI is InChI=1S/C17H29N3O/c1-12(2)16-19-14(17(3,4)5)9-15(20-16)18-10-13-7-6-8-21-11-13/h9,12-13H,6-8,10-11H2,1-5H3,(H,18,19,20). The fourth-order valence-electron chi connectivity index (χ4n) is 2.42. The summed E-state index contributed by atoms with van der Waals surface area (Å²) in [4.78, 5) is 9.39. The predicted molar refractivity (Wildman–Crippen MR) is 86.9 cm³/mol. The van der Waals surface area contributed by atoms with Crippen molar-refractivity contribution in [3.8, 4) is 0 Å². The molecule has 1 saturated heterocycles. The van der Waals surface area contributed by atoms with Gasteiger partial charge in [0.1, 0.15) is 11.6 Å². The minimum absolute atomic E-state index is 0.0387. The average molecular weight is 291 g/mol. The molecule has 1 aromatic heterocycles. The maximum absolute atomic E-state index is 5.54. The van der Waals surface area contributed by atoms with Gasteiger partial charge in [-0.1, -0.05) is 34.6 Å². The Morgan fingerprint density at radius 3 is 2.67 bits per heavy atom. The van der Waals surface area contributed by atoms with Crippen LogP contribution < -0.4 is 5.32 Å². The molecule has 0 bridgehead atoms. The molecule has 1 aliphatic heterocycles. The van der Waals surface area contributed by atoms with Gasteiger partial charge >= 0.3 is 0 Å². The number of nitrogens with one attached hydrogen (secondary N) is 1. The molecular weight excluding hydrogens is 262 g/mol. The monoisotopic (exact) mass is 291 g/mol. The lowest BCUT2D eigenvalue weighted by atomic mass is 9.91. The lowest BCUT2D eigenvalue weighted by Gasteiger charge is -2.24. The predicted octanol–water partition coefficient (Wildman–Crippen LogP) is 3.74. The van der Waals surface area contributed by atoms with Gasteiger partial charge in [-0.25, -0.2) is 9.97 Å². The zero-order valence-electron chi connectivity index (χ0n) is 14.1. The normalized spacial score (nSPS) is 19.8. The molecule has 0 amide bonds. The molecule has 0 spiro atoms. The summed E-state index contributed by atoms with van der Waals surface area (Å²) in [5.74, 6) is 2.80. The van der Waals surface area contributed by atoms with Crippen LogP contribution in [0, 0.1) is 5.92 Å². The smallest absolute Gasteiger partial charge is 0.133 e. The summed E-state index contributed by atoms with van der Waals surface area (Å²) >= 11 is 0. The molecule has 1 fully saturated rings. The SMILES string of the molecule is CC(C)c1nc(NCC2CCCOC2)cc(C(C)(C)C)n1. The topological polar surface area (TPSA) is 47.0 Å². The van der Waals surface area contributed by atoms with Crippen LogP contribution in [0.4, 0.5) is 5.82 Å². The van der Waals surface area contributed by atoms with Gasteiger partial charge in [0.2, 0.25) is 0 Å². The molecule has 21 heavy (non-hydrogen) atoms. The third kappa shape index (κ3) is 4.67. The van der Waals surface area contributed by atoms with E-state index in [9.17, 15) is 0 Å². The zero-order chi connectivity index (χ0) is 15.5. The first kappa shape index (κ1) is 16.2. The van der Waals surface area contributed by atoms with Crippen LogP contribution in [-0.4, -0.2) is 29.7 Å². The number of hydrogen-bond acceptors (Lipinski definition) is 4. The highest BCUT2D eigenvalue weighted by atomic mass is 16.5. The molecular formula is C17H29N3O. The van der Waals surface area contributed by atoms with Crippen molar-refractivity contribution in [3.63, 3.8) is 0 Å². The Kier molecular flexibility index (Phi) is 5.20. The highest BCUT2D eigenvalue weighted by Gasteiger charge is 2.20. The number of anilines is 1. The van der Waals surface area contributed by atoms with E-state index in [0.29, 0.717) is 11.8 Å². The minimum atomic E-state index is 0.0387. The van der Waals surface area contributed by atoms with Crippen molar-refractivity contribution in [2.45, 2.75) is 58.8 Å². The van der Waals surface area contributed by atoms with Gasteiger partial charge in [0, 0.05) is 30.6 Å². The molecule has 0 aliphatic carbocycles. The van der Waals surface area contributed by atoms with Crippen LogP contribution in [0.2, 0.25) is 0 Å². The number of hydrogen-bond donors (Lipinski definition) is 1. The van der Waals surface area contributed by atoms with Gasteiger partial charge in [-0.15, -0.1) is 0 Å². The summed E-state index contributed by atoms with van der Waals surface area (Å²) < 4.78 is 5.54. The maximum Gasteiger partial charge on any atom is 0.133 e. The molecule has 1 N–H and O–H groups in total. The van der Waals surface area contributed by atoms with Crippen LogP contribution in [-0.2, 0) is 10.2 Å². The van der Waals surface area contributed by atoms with Gasteiger partial charge < -0.3 is 10.1 Å². The Balaban J connectivity index is 2.11. The molecule has 2 rings (SSSR count). The average Bonchev–Trinajstić information content (AvgIpc) is 2.45. The highest BCUT2D eigenvalue weighted by Crippen LogP contribution is 2.24. The fourth-order valence-corrected chi connectivity index (χ4v) is 2.42. The lowest BCUT2D eigenvalue weighted by Crippen LogP contribution is -2.25. The Morgan fingerprint density at radius 2 is 2.10 bits per heavy atom. The van der Waals surface area contributed by atoms with Crippen molar-refractivity contribution in [2.24, 2.45) is 5.92 Å². The second-order valence-corrected chi connectivity index (χ2v) is 7.37. The lowest BCUT2D eigenvalue weighted by molar-refractivity contribution is 0.0595. The van der Waals surface area contributed by atoms with Crippen molar-refractivity contribution < 1.29 is 4.74 Å². The number of nitrogens with zero attached hydrogens (tertiary/aromatic N) is 2. The van der Waals surface area contributed by atoms with Crippen LogP contribution in [0.15, 0.2) is 6.07 Å². The fraction of sp³-hybridized carbons (Fsp3) is 0.765. The minimum Gasteiger partial charge on any atom is -0.381 e. The zero-order valence-corrected chi connectivity index (χ0v) is 14.1. The first-order chi connectivity index (χ1) is 9.86. The van der Waals surface area contributed by atoms with Crippen molar-refractivity contribution in [2.75, 3.05) is 25.1 Å². The molecule has 4 nitrogen and oxygen atoms in total. The summed E-state index contributed by atoms with van der Waals surface area (Å²) in [6, 6.07) is 2.09. The largest absolute Gasteiger partial charge is 0.381 e. The van der Waals surface area contributed by atoms with Gasteiger partial charge in [0.25, 0.3) is 0 Å². The van der Waals surface area contributed by atoms with E-state index < -0.39 is 0 Å². The van der Waals surface area contributed by atoms with E-state index in [0.717, 1.165) is 37.1 Å². The molecule has 0 radical (unpaired) electrons. The Morgan fingerprint density at radius 1 is 1.33 bits per heavy atom. The Bertz CT molecular complexity index is 460. The first-order valence-electron chi connectivity index (χ1n) is 8.07. The van der Waals surface area contributed by atoms with Crippen LogP contribution in [0.5, 0.6) is 0 Å². The number of rotatable bonds is 4. The van der Waals surface area contributed by atoms with Crippen LogP contribution >= 0.6 is 0 Å². The van der Waals surface area contributed by atoms with E-state index in [1.54, 1.807) is 0 Å². The molecule has 1 aromatic rings. The summed E-state index contributed by atoms with van der Waals surface area (Å²) in [7, 11) is 0. The van der Waals surface area contributed by atoms with Crippen LogP contribution in [0.3, 0.4) is 0 Å². The van der Waals surface area contributed by atoms with E-state index >= 15 is 0 Å². The van der Waals surface area contributed by atoms with Crippen molar-refractivity contribution in [1.82, 2.24) is 9.97 Å². The van der Waals surface area contributed by atoms with Crippen LogP contribution in [0.1, 0.15) is 64.9 Å². The summed E-state index contributed by atoms with van der Waals surface area (Å²) in [5.41, 5.74) is 1.14. The van der Waals surface area contributed by atoms with Gasteiger partial charge in [0.15, 0.2) is 0 Å². The molecule has 0 saturated carbocycles. The van der Waals surface area contributed by atoms with E-state index in [1.165, 1.54) is 12.8 Å². The van der Waals surface area contributed by atoms with Crippen molar-refractivity contribution in [1.29, 1.82) is 0 Å². The van der Waals surface area contributed by atoms with Crippen LogP contribution in [0.25, 0.3) is 0 Å². The molecule has 2 heterocycles. The van der Waals surface area contributed by atoms with E-state index in [2.05, 4.69) is 51.0 Å². The summed E-state index contributed by atoms with van der Waals surface area (Å²) in [6.07, 6.45) is 2.40. The van der Waals surface area contributed by atoms with Gasteiger partial charge in [-0.2, -0.15) is 0 Å². The number of aromatic nitrogens is 2. The van der Waals surface area contributed by atoms with Crippen molar-refractivity contribution >= 4 is 5.82 Å². The van der Waals surface area contributed by atoms with Gasteiger partial charge in [-0.3, -0.25) is 0 Å². The molecule has 1 aliphatic rings. The molecule has 0 aromatic carbocycles. The van der Waals surface area contributed by atoms with E-state index in [4.69, 9.17) is 9.72 Å².